The Kier molecular flexibility index (Phi) is 5.09. The summed E-state index contributed by atoms with van der Waals surface area (Å²) in [7, 11) is 1.58. The number of nitrogens with zero attached hydrogens (tertiary/aromatic N) is 2. The monoisotopic (exact) mass is 261 g/mol. The van der Waals surface area contributed by atoms with Gasteiger partial charge in [0.05, 0.1) is 18.4 Å². The van der Waals surface area contributed by atoms with Gasteiger partial charge in [0.1, 0.15) is 0 Å². The maximum absolute atomic E-state index is 9.58. The number of methoxy groups -OCH3 is 1. The van der Waals surface area contributed by atoms with Crippen molar-refractivity contribution in [3.63, 3.8) is 0 Å². The third kappa shape index (κ3) is 3.89. The van der Waals surface area contributed by atoms with Crippen molar-refractivity contribution < 1.29 is 9.84 Å². The topological polar surface area (TPSA) is 59.3 Å². The number of aliphatic hydroxyl groups is 1. The fourth-order valence-corrected chi connectivity index (χ4v) is 1.92. The summed E-state index contributed by atoms with van der Waals surface area (Å²) in [6, 6.07) is 9.95. The Bertz CT molecular complexity index is 485. The van der Waals surface area contributed by atoms with Crippen molar-refractivity contribution in [2.75, 3.05) is 20.3 Å². The Morgan fingerprint density at radius 2 is 2.21 bits per heavy atom. The van der Waals surface area contributed by atoms with Gasteiger partial charge in [-0.2, -0.15) is 5.10 Å². The lowest BCUT2D eigenvalue weighted by Gasteiger charge is -2.13. The van der Waals surface area contributed by atoms with E-state index < -0.39 is 6.10 Å². The summed E-state index contributed by atoms with van der Waals surface area (Å²) in [5.41, 5.74) is 2.18. The lowest BCUT2D eigenvalue weighted by molar-refractivity contribution is 0.0644. The van der Waals surface area contributed by atoms with Crippen molar-refractivity contribution >= 4 is 0 Å². The van der Waals surface area contributed by atoms with Gasteiger partial charge in [-0.15, -0.1) is 0 Å². The van der Waals surface area contributed by atoms with E-state index >= 15 is 0 Å². The van der Waals surface area contributed by atoms with Gasteiger partial charge in [-0.3, -0.25) is 0 Å². The van der Waals surface area contributed by atoms with Crippen molar-refractivity contribution in [2.45, 2.75) is 12.6 Å². The molecule has 1 atom stereocenters. The molecule has 0 fully saturated rings. The van der Waals surface area contributed by atoms with Crippen LogP contribution < -0.4 is 5.32 Å². The second-order valence-electron chi connectivity index (χ2n) is 4.32. The van der Waals surface area contributed by atoms with E-state index in [9.17, 15) is 5.11 Å². The average Bonchev–Trinajstić information content (AvgIpc) is 2.93. The first-order chi connectivity index (χ1) is 9.31. The Morgan fingerprint density at radius 1 is 1.37 bits per heavy atom. The van der Waals surface area contributed by atoms with Crippen molar-refractivity contribution in [1.82, 2.24) is 15.1 Å². The molecule has 2 rings (SSSR count). The molecule has 0 bridgehead atoms. The molecule has 0 saturated heterocycles. The summed E-state index contributed by atoms with van der Waals surface area (Å²) >= 11 is 0. The summed E-state index contributed by atoms with van der Waals surface area (Å²) in [5.74, 6) is 0. The zero-order chi connectivity index (χ0) is 13.5. The summed E-state index contributed by atoms with van der Waals surface area (Å²) in [4.78, 5) is 0. The fourth-order valence-electron chi connectivity index (χ4n) is 1.92. The van der Waals surface area contributed by atoms with E-state index in [1.807, 2.05) is 41.2 Å². The Labute approximate surface area is 112 Å². The molecule has 0 spiro atoms. The summed E-state index contributed by atoms with van der Waals surface area (Å²) in [6.07, 6.45) is 3.19. The highest BCUT2D eigenvalue weighted by atomic mass is 16.5. The smallest absolute Gasteiger partial charge is 0.0897 e. The number of hydrogen-bond donors (Lipinski definition) is 2. The SMILES string of the molecule is COCC(O)CNCc1ccccc1-n1cccn1. The van der Waals surface area contributed by atoms with Crippen LogP contribution in [0.3, 0.4) is 0 Å². The van der Waals surface area contributed by atoms with Gasteiger partial charge in [-0.25, -0.2) is 4.68 Å². The predicted molar refractivity (Wildman–Crippen MR) is 73.2 cm³/mol. The van der Waals surface area contributed by atoms with E-state index in [-0.39, 0.29) is 0 Å². The zero-order valence-electron chi connectivity index (χ0n) is 11.0. The standard InChI is InChI=1S/C14H19N3O2/c1-19-11-13(18)10-15-9-12-5-2-3-6-14(12)17-8-4-7-16-17/h2-8,13,15,18H,9-11H2,1H3. The van der Waals surface area contributed by atoms with Crippen LogP contribution in [0.2, 0.25) is 0 Å². The molecule has 102 valence electrons. The normalized spacial score (nSPS) is 12.5. The molecule has 1 aromatic carbocycles. The molecular weight excluding hydrogens is 242 g/mol. The number of aromatic nitrogens is 2. The third-order valence-corrected chi connectivity index (χ3v) is 2.80. The number of ether oxygens (including phenoxy) is 1. The van der Waals surface area contributed by atoms with Gasteiger partial charge < -0.3 is 15.2 Å². The van der Waals surface area contributed by atoms with Crippen LogP contribution in [0, 0.1) is 0 Å². The second-order valence-corrected chi connectivity index (χ2v) is 4.32. The molecule has 19 heavy (non-hydrogen) atoms. The largest absolute Gasteiger partial charge is 0.389 e. The predicted octanol–water partition coefficient (Wildman–Crippen LogP) is 0.969. The molecule has 0 amide bonds. The number of aliphatic hydroxyl groups excluding tert-OH is 1. The van der Waals surface area contributed by atoms with Crippen molar-refractivity contribution in [3.8, 4) is 5.69 Å². The van der Waals surface area contributed by atoms with E-state index in [1.54, 1.807) is 13.3 Å². The van der Waals surface area contributed by atoms with Gasteiger partial charge in [0, 0.05) is 32.6 Å². The summed E-state index contributed by atoms with van der Waals surface area (Å²) < 4.78 is 6.72. The minimum absolute atomic E-state index is 0.341. The van der Waals surface area contributed by atoms with Crippen LogP contribution in [0.5, 0.6) is 0 Å². The van der Waals surface area contributed by atoms with Gasteiger partial charge >= 0.3 is 0 Å². The molecule has 2 N–H and O–H groups in total. The van der Waals surface area contributed by atoms with Crippen molar-refractivity contribution in [1.29, 1.82) is 0 Å². The number of para-hydroxylation sites is 1. The Hall–Kier alpha value is -1.69. The lowest BCUT2D eigenvalue weighted by atomic mass is 10.1. The quantitative estimate of drug-likeness (QED) is 0.779. The van der Waals surface area contributed by atoms with E-state index in [4.69, 9.17) is 4.74 Å². The lowest BCUT2D eigenvalue weighted by Crippen LogP contribution is -2.30. The molecule has 1 aromatic heterocycles. The first kappa shape index (κ1) is 13.7. The minimum atomic E-state index is -0.484. The Morgan fingerprint density at radius 3 is 2.95 bits per heavy atom. The van der Waals surface area contributed by atoms with E-state index in [0.717, 1.165) is 11.3 Å². The molecule has 5 heteroatoms. The molecule has 2 aromatic rings. The van der Waals surface area contributed by atoms with Crippen LogP contribution in [0.4, 0.5) is 0 Å². The van der Waals surface area contributed by atoms with Crippen LogP contribution in [-0.4, -0.2) is 41.3 Å². The van der Waals surface area contributed by atoms with E-state index in [1.165, 1.54) is 0 Å². The van der Waals surface area contributed by atoms with Crippen LogP contribution in [-0.2, 0) is 11.3 Å². The fraction of sp³-hybridized carbons (Fsp3) is 0.357. The molecule has 0 aliphatic carbocycles. The highest BCUT2D eigenvalue weighted by Gasteiger charge is 2.06. The molecule has 5 nitrogen and oxygen atoms in total. The first-order valence-corrected chi connectivity index (χ1v) is 6.27. The zero-order valence-corrected chi connectivity index (χ0v) is 11.0. The first-order valence-electron chi connectivity index (χ1n) is 6.27. The highest BCUT2D eigenvalue weighted by Crippen LogP contribution is 2.12. The van der Waals surface area contributed by atoms with Crippen LogP contribution in [0.15, 0.2) is 42.7 Å². The number of nitrogens with one attached hydrogen (secondary N) is 1. The number of rotatable bonds is 7. The van der Waals surface area contributed by atoms with Gasteiger partial charge in [0.25, 0.3) is 0 Å². The third-order valence-electron chi connectivity index (χ3n) is 2.80. The molecule has 0 radical (unpaired) electrons. The molecule has 0 aliphatic heterocycles. The maximum atomic E-state index is 9.58. The molecular formula is C14H19N3O2. The Balaban J connectivity index is 1.97. The van der Waals surface area contributed by atoms with E-state index in [2.05, 4.69) is 10.4 Å². The van der Waals surface area contributed by atoms with Crippen molar-refractivity contribution in [3.05, 3.63) is 48.3 Å². The highest BCUT2D eigenvalue weighted by molar-refractivity contribution is 5.40. The van der Waals surface area contributed by atoms with Crippen LogP contribution in [0.25, 0.3) is 5.69 Å². The summed E-state index contributed by atoms with van der Waals surface area (Å²) in [5, 5.41) is 17.0. The average molecular weight is 261 g/mol. The summed E-state index contributed by atoms with van der Waals surface area (Å²) in [6.45, 7) is 1.52. The molecule has 1 heterocycles. The maximum Gasteiger partial charge on any atom is 0.0897 e. The van der Waals surface area contributed by atoms with Crippen LogP contribution in [0.1, 0.15) is 5.56 Å². The van der Waals surface area contributed by atoms with Crippen molar-refractivity contribution in [2.24, 2.45) is 0 Å². The number of hydrogen-bond acceptors (Lipinski definition) is 4. The van der Waals surface area contributed by atoms with Gasteiger partial charge in [-0.1, -0.05) is 18.2 Å². The number of benzene rings is 1. The van der Waals surface area contributed by atoms with Gasteiger partial charge in [-0.05, 0) is 17.7 Å². The minimum Gasteiger partial charge on any atom is -0.389 e. The molecule has 1 unspecified atom stereocenters. The molecule has 0 saturated carbocycles. The second kappa shape index (κ2) is 7.04. The van der Waals surface area contributed by atoms with Gasteiger partial charge in [0.2, 0.25) is 0 Å². The molecule has 0 aliphatic rings. The van der Waals surface area contributed by atoms with Gasteiger partial charge in [0.15, 0.2) is 0 Å². The van der Waals surface area contributed by atoms with E-state index in [0.29, 0.717) is 19.7 Å². The van der Waals surface area contributed by atoms with Crippen LogP contribution >= 0.6 is 0 Å².